The topological polar surface area (TPSA) is 125 Å². The lowest BCUT2D eigenvalue weighted by atomic mass is 10.1. The van der Waals surface area contributed by atoms with Crippen LogP contribution in [0, 0.1) is 0 Å². The monoisotopic (exact) mass is 390 g/mol. The summed E-state index contributed by atoms with van der Waals surface area (Å²) >= 11 is 0. The van der Waals surface area contributed by atoms with Crippen molar-refractivity contribution in [1.29, 1.82) is 0 Å². The van der Waals surface area contributed by atoms with Crippen molar-refractivity contribution < 1.29 is 28.8 Å². The Morgan fingerprint density at radius 2 is 1.70 bits per heavy atom. The van der Waals surface area contributed by atoms with E-state index in [0.29, 0.717) is 5.06 Å². The number of carbonyl (C=O) groups is 5. The first kappa shape index (κ1) is 24.5. The van der Waals surface area contributed by atoms with Gasteiger partial charge in [0.1, 0.15) is 0 Å². The number of nitrogens with one attached hydrogen (secondary N) is 2. The van der Waals surface area contributed by atoms with Crippen molar-refractivity contribution in [3.8, 4) is 0 Å². The van der Waals surface area contributed by atoms with Gasteiger partial charge < -0.3 is 15.5 Å². The van der Waals surface area contributed by atoms with Crippen LogP contribution < -0.4 is 10.6 Å². The molecule has 10 nitrogen and oxygen atoms in total. The molecule has 1 atom stereocenters. The Balaban J connectivity index is 0.00000119. The number of hydrogen-bond acceptors (Lipinski definition) is 7. The fourth-order valence-electron chi connectivity index (χ4n) is 2.11. The van der Waals surface area contributed by atoms with Crippen molar-refractivity contribution >= 4 is 29.6 Å². The molecule has 4 amide bonds. The second kappa shape index (κ2) is 12.8. The number of carbonyl (C=O) groups excluding carboxylic acids is 5. The molecule has 1 saturated heterocycles. The summed E-state index contributed by atoms with van der Waals surface area (Å²) in [5, 5.41) is 5.55. The SMILES string of the molecule is CN(C)C(CC[13CH3])C(=O)NCCC(=O)ON1C(=O)CCC1=O.[13CH3]N[13C]([13CH3])=O. The van der Waals surface area contributed by atoms with E-state index in [9.17, 15) is 24.0 Å². The standard InChI is InChI=1S/C14H23N3O5.C3H7NO/c1-4-5-10(16(2)3)14(21)15-9-8-13(20)22-17-11(18)6-7-12(17)19;1-3(5)4-2/h10H,4-9H2,1-3H3,(H,15,21);1-2H3,(H,4,5)/i1+1;1+1,2+1,3+1. The van der Waals surface area contributed by atoms with Gasteiger partial charge >= 0.3 is 5.97 Å². The van der Waals surface area contributed by atoms with Crippen LogP contribution in [-0.4, -0.2) is 73.3 Å². The van der Waals surface area contributed by atoms with E-state index < -0.39 is 17.8 Å². The molecule has 2 N–H and O–H groups in total. The van der Waals surface area contributed by atoms with E-state index in [-0.39, 0.29) is 43.7 Å². The van der Waals surface area contributed by atoms with Gasteiger partial charge in [0, 0.05) is 33.4 Å². The molecule has 0 spiro atoms. The first-order valence-corrected chi connectivity index (χ1v) is 8.83. The predicted octanol–water partition coefficient (Wildman–Crippen LogP) is -0.417. The molecule has 1 unspecified atom stereocenters. The highest BCUT2D eigenvalue weighted by atomic mass is 16.7. The molecule has 27 heavy (non-hydrogen) atoms. The molecule has 1 aliphatic heterocycles. The number of imide groups is 1. The molecule has 0 saturated carbocycles. The maximum Gasteiger partial charge on any atom is 0.334 e. The third-order valence-corrected chi connectivity index (χ3v) is 3.67. The Hall–Kier alpha value is -2.49. The largest absolute Gasteiger partial charge is 0.359 e. The fourth-order valence-corrected chi connectivity index (χ4v) is 2.11. The number of amides is 4. The minimum Gasteiger partial charge on any atom is -0.359 e. The van der Waals surface area contributed by atoms with E-state index in [0.717, 1.165) is 12.8 Å². The van der Waals surface area contributed by atoms with Crippen molar-refractivity contribution in [1.82, 2.24) is 20.6 Å². The molecule has 1 heterocycles. The Labute approximate surface area is 159 Å². The molecular formula is C17H30N4O6. The van der Waals surface area contributed by atoms with Gasteiger partial charge in [0.2, 0.25) is 11.8 Å². The van der Waals surface area contributed by atoms with E-state index >= 15 is 0 Å². The number of likely N-dealkylation sites (N-methyl/N-ethyl adjacent to an activating group) is 1. The molecule has 10 heteroatoms. The minimum absolute atomic E-state index is 0.00463. The second-order valence-corrected chi connectivity index (χ2v) is 6.16. The van der Waals surface area contributed by atoms with E-state index in [1.807, 2.05) is 25.9 Å². The lowest BCUT2D eigenvalue weighted by molar-refractivity contribution is -0.197. The van der Waals surface area contributed by atoms with Gasteiger partial charge in [-0.15, -0.1) is 5.06 Å². The van der Waals surface area contributed by atoms with Crippen molar-refractivity contribution in [3.63, 3.8) is 0 Å². The van der Waals surface area contributed by atoms with Gasteiger partial charge in [0.15, 0.2) is 0 Å². The summed E-state index contributed by atoms with van der Waals surface area (Å²) in [6.45, 7) is 3.56. The van der Waals surface area contributed by atoms with Crippen molar-refractivity contribution in [3.05, 3.63) is 0 Å². The zero-order valence-corrected chi connectivity index (χ0v) is 16.7. The summed E-state index contributed by atoms with van der Waals surface area (Å²) < 4.78 is 0. The summed E-state index contributed by atoms with van der Waals surface area (Å²) in [4.78, 5) is 62.4. The van der Waals surface area contributed by atoms with Crippen LogP contribution in [0.1, 0.15) is 46.0 Å². The second-order valence-electron chi connectivity index (χ2n) is 6.16. The third-order valence-electron chi connectivity index (χ3n) is 3.67. The van der Waals surface area contributed by atoms with Crippen LogP contribution in [0.2, 0.25) is 0 Å². The summed E-state index contributed by atoms with van der Waals surface area (Å²) in [6, 6.07) is -0.247. The molecule has 154 valence electrons. The normalized spacial score (nSPS) is 14.4. The van der Waals surface area contributed by atoms with Crippen LogP contribution >= 0.6 is 0 Å². The van der Waals surface area contributed by atoms with Crippen LogP contribution in [0.15, 0.2) is 0 Å². The average molecular weight is 390 g/mol. The van der Waals surface area contributed by atoms with Crippen LogP contribution in [0.25, 0.3) is 0 Å². The zero-order chi connectivity index (χ0) is 21.0. The molecule has 0 aliphatic carbocycles. The lowest BCUT2D eigenvalue weighted by Crippen LogP contribution is -2.44. The van der Waals surface area contributed by atoms with E-state index in [2.05, 4.69) is 10.6 Å². The molecule has 0 aromatic heterocycles. The fraction of sp³-hybridized carbons (Fsp3) is 0.706. The lowest BCUT2D eigenvalue weighted by Gasteiger charge is -2.22. The van der Waals surface area contributed by atoms with Crippen molar-refractivity contribution in [2.24, 2.45) is 0 Å². The minimum atomic E-state index is -0.721. The first-order chi connectivity index (χ1) is 12.6. The van der Waals surface area contributed by atoms with Gasteiger partial charge in [0.05, 0.1) is 12.5 Å². The van der Waals surface area contributed by atoms with E-state index in [1.165, 1.54) is 6.92 Å². The van der Waals surface area contributed by atoms with Gasteiger partial charge in [-0.25, -0.2) is 4.79 Å². The van der Waals surface area contributed by atoms with E-state index in [4.69, 9.17) is 4.84 Å². The van der Waals surface area contributed by atoms with Gasteiger partial charge in [-0.2, -0.15) is 0 Å². The molecule has 0 aromatic carbocycles. The molecular weight excluding hydrogens is 360 g/mol. The van der Waals surface area contributed by atoms with Crippen molar-refractivity contribution in [2.45, 2.75) is 52.0 Å². The molecule has 1 fully saturated rings. The predicted molar refractivity (Wildman–Crippen MR) is 96.9 cm³/mol. The number of nitrogens with zero attached hydrogens (tertiary/aromatic N) is 2. The number of hydroxylamine groups is 2. The smallest absolute Gasteiger partial charge is 0.334 e. The Bertz CT molecular complexity index is 534. The number of rotatable bonds is 8. The average Bonchev–Trinajstić information content (AvgIpc) is 2.91. The Morgan fingerprint density at radius 3 is 2.11 bits per heavy atom. The van der Waals surface area contributed by atoms with Crippen LogP contribution in [-0.2, 0) is 28.8 Å². The zero-order valence-electron chi connectivity index (χ0n) is 16.7. The molecule has 1 aliphatic rings. The Morgan fingerprint density at radius 1 is 1.19 bits per heavy atom. The first-order valence-electron chi connectivity index (χ1n) is 8.83. The van der Waals surface area contributed by atoms with Gasteiger partial charge in [-0.3, -0.25) is 24.1 Å². The summed E-state index contributed by atoms with van der Waals surface area (Å²) in [5.41, 5.74) is 0. The summed E-state index contributed by atoms with van der Waals surface area (Å²) in [6.07, 6.45) is 1.61. The van der Waals surface area contributed by atoms with Gasteiger partial charge in [0.25, 0.3) is 11.8 Å². The van der Waals surface area contributed by atoms with Crippen LogP contribution in [0.5, 0.6) is 0 Å². The van der Waals surface area contributed by atoms with Gasteiger partial charge in [-0.05, 0) is 20.5 Å². The summed E-state index contributed by atoms with van der Waals surface area (Å²) in [7, 11) is 5.24. The molecule has 1 rings (SSSR count). The number of hydrogen-bond donors (Lipinski definition) is 2. The summed E-state index contributed by atoms with van der Waals surface area (Å²) in [5.74, 6) is -1.91. The highest BCUT2D eigenvalue weighted by Gasteiger charge is 2.32. The van der Waals surface area contributed by atoms with Crippen LogP contribution in [0.4, 0.5) is 0 Å². The van der Waals surface area contributed by atoms with Crippen molar-refractivity contribution in [2.75, 3.05) is 27.7 Å². The molecule has 0 radical (unpaired) electrons. The van der Waals surface area contributed by atoms with Gasteiger partial charge in [-0.1, -0.05) is 13.3 Å². The maximum atomic E-state index is 12.0. The Kier molecular flexibility index (Phi) is 11.6. The molecule has 0 aromatic rings. The quantitative estimate of drug-likeness (QED) is 0.426. The molecule has 0 bridgehead atoms. The highest BCUT2D eigenvalue weighted by molar-refractivity contribution is 6.01. The maximum absolute atomic E-state index is 12.0. The van der Waals surface area contributed by atoms with E-state index in [1.54, 1.807) is 7.05 Å². The van der Waals surface area contributed by atoms with Crippen LogP contribution in [0.3, 0.4) is 0 Å². The third kappa shape index (κ3) is 9.69. The highest BCUT2D eigenvalue weighted by Crippen LogP contribution is 2.12.